The zero-order chi connectivity index (χ0) is 17.4. The van der Waals surface area contributed by atoms with Crippen LogP contribution in [0.25, 0.3) is 16.8 Å². The Labute approximate surface area is 149 Å². The maximum Gasteiger partial charge on any atom is 0.250 e. The van der Waals surface area contributed by atoms with E-state index < -0.39 is 0 Å². The van der Waals surface area contributed by atoms with E-state index >= 15 is 0 Å². The van der Waals surface area contributed by atoms with Gasteiger partial charge in [-0.05, 0) is 47.5 Å². The fourth-order valence-electron chi connectivity index (χ4n) is 2.64. The zero-order valence-corrected chi connectivity index (χ0v) is 15.1. The van der Waals surface area contributed by atoms with Gasteiger partial charge in [0.2, 0.25) is 5.91 Å². The van der Waals surface area contributed by atoms with Gasteiger partial charge in [0.05, 0.1) is 0 Å². The van der Waals surface area contributed by atoms with Gasteiger partial charge in [-0.15, -0.1) is 0 Å². The van der Waals surface area contributed by atoms with Gasteiger partial charge in [-0.25, -0.2) is 0 Å². The number of hydrogen-bond acceptors (Lipinski definition) is 2. The van der Waals surface area contributed by atoms with Crippen molar-refractivity contribution in [1.29, 1.82) is 0 Å². The Bertz CT molecular complexity index is 728. The van der Waals surface area contributed by atoms with Crippen LogP contribution in [0.3, 0.4) is 0 Å². The van der Waals surface area contributed by atoms with Crippen molar-refractivity contribution in [3.05, 3.63) is 54.1 Å². The Morgan fingerprint density at radius 3 is 2.46 bits per heavy atom. The fourth-order valence-corrected chi connectivity index (χ4v) is 2.93. The first-order valence-corrected chi connectivity index (χ1v) is 8.82. The molecule has 0 heterocycles. The molecular formula is C20H24N2OS. The molecule has 0 saturated heterocycles. The summed E-state index contributed by atoms with van der Waals surface area (Å²) in [6.07, 6.45) is 5.39. The second-order valence-corrected chi connectivity index (χ2v) is 6.07. The summed E-state index contributed by atoms with van der Waals surface area (Å²) in [5.74, 6) is -0.190. The van der Waals surface area contributed by atoms with Crippen LogP contribution >= 0.6 is 12.2 Å². The van der Waals surface area contributed by atoms with Gasteiger partial charge < -0.3 is 4.90 Å². The van der Waals surface area contributed by atoms with E-state index in [9.17, 15) is 4.79 Å². The molecule has 1 N–H and O–H groups in total. The van der Waals surface area contributed by atoms with Gasteiger partial charge in [-0.2, -0.15) is 0 Å². The Morgan fingerprint density at radius 1 is 1.08 bits per heavy atom. The predicted octanol–water partition coefficient (Wildman–Crippen LogP) is 4.38. The summed E-state index contributed by atoms with van der Waals surface area (Å²) in [6, 6.07) is 14.2. The third-order valence-electron chi connectivity index (χ3n) is 3.74. The van der Waals surface area contributed by atoms with Crippen LogP contribution in [0.4, 0.5) is 0 Å². The summed E-state index contributed by atoms with van der Waals surface area (Å²) >= 11 is 5.35. The SMILES string of the molecule is CCCN(CCC)C(=S)NC(=O)C=Cc1cccc2ccccc12. The molecule has 2 rings (SSSR count). The second kappa shape index (κ2) is 9.18. The Morgan fingerprint density at radius 2 is 1.75 bits per heavy atom. The lowest BCUT2D eigenvalue weighted by molar-refractivity contribution is -0.115. The molecule has 0 bridgehead atoms. The molecule has 0 aliphatic rings. The van der Waals surface area contributed by atoms with E-state index in [4.69, 9.17) is 12.2 Å². The topological polar surface area (TPSA) is 32.3 Å². The van der Waals surface area contributed by atoms with Gasteiger partial charge in [-0.3, -0.25) is 10.1 Å². The molecule has 0 saturated carbocycles. The van der Waals surface area contributed by atoms with E-state index in [-0.39, 0.29) is 5.91 Å². The molecule has 126 valence electrons. The largest absolute Gasteiger partial charge is 0.349 e. The van der Waals surface area contributed by atoms with Crippen LogP contribution in [0.15, 0.2) is 48.5 Å². The van der Waals surface area contributed by atoms with Crippen LogP contribution in [-0.4, -0.2) is 29.0 Å². The van der Waals surface area contributed by atoms with E-state index in [1.165, 1.54) is 0 Å². The van der Waals surface area contributed by atoms with Gasteiger partial charge in [0, 0.05) is 19.2 Å². The number of nitrogens with zero attached hydrogens (tertiary/aromatic N) is 1. The minimum atomic E-state index is -0.190. The highest BCUT2D eigenvalue weighted by Crippen LogP contribution is 2.19. The summed E-state index contributed by atoms with van der Waals surface area (Å²) in [7, 11) is 0. The van der Waals surface area contributed by atoms with E-state index in [0.717, 1.165) is 42.3 Å². The number of benzene rings is 2. The molecule has 0 unspecified atom stereocenters. The maximum atomic E-state index is 12.2. The minimum Gasteiger partial charge on any atom is -0.349 e. The van der Waals surface area contributed by atoms with Gasteiger partial charge >= 0.3 is 0 Å². The third-order valence-corrected chi connectivity index (χ3v) is 4.10. The highest BCUT2D eigenvalue weighted by molar-refractivity contribution is 7.80. The van der Waals surface area contributed by atoms with Crippen LogP contribution < -0.4 is 5.32 Å². The zero-order valence-electron chi connectivity index (χ0n) is 14.3. The third kappa shape index (κ3) is 4.90. The second-order valence-electron chi connectivity index (χ2n) is 5.68. The number of amides is 1. The molecule has 1 amide bonds. The average Bonchev–Trinajstić information content (AvgIpc) is 2.59. The average molecular weight is 340 g/mol. The number of carbonyl (C=O) groups excluding carboxylic acids is 1. The normalized spacial score (nSPS) is 10.9. The molecule has 0 radical (unpaired) electrons. The quantitative estimate of drug-likeness (QED) is 0.626. The van der Waals surface area contributed by atoms with Crippen LogP contribution in [0.1, 0.15) is 32.3 Å². The predicted molar refractivity (Wildman–Crippen MR) is 106 cm³/mol. The monoisotopic (exact) mass is 340 g/mol. The smallest absolute Gasteiger partial charge is 0.250 e. The first kappa shape index (κ1) is 18.1. The number of nitrogens with one attached hydrogen (secondary N) is 1. The molecule has 2 aromatic carbocycles. The molecule has 0 fully saturated rings. The Balaban J connectivity index is 2.05. The molecule has 4 heteroatoms. The van der Waals surface area contributed by atoms with Gasteiger partial charge in [-0.1, -0.05) is 56.3 Å². The number of carbonyl (C=O) groups is 1. The molecule has 0 aliphatic carbocycles. The van der Waals surface area contributed by atoms with Crippen molar-refractivity contribution in [3.63, 3.8) is 0 Å². The van der Waals surface area contributed by atoms with Gasteiger partial charge in [0.15, 0.2) is 5.11 Å². The number of fused-ring (bicyclic) bond motifs is 1. The number of thiocarbonyl (C=S) groups is 1. The van der Waals surface area contributed by atoms with Crippen molar-refractivity contribution in [2.45, 2.75) is 26.7 Å². The van der Waals surface area contributed by atoms with E-state index in [1.807, 2.05) is 35.2 Å². The van der Waals surface area contributed by atoms with Crippen molar-refractivity contribution in [3.8, 4) is 0 Å². The standard InChI is InChI=1S/C20H24N2OS/c1-3-14-22(15-4-2)20(24)21-19(23)13-12-17-10-7-9-16-8-5-6-11-18(16)17/h5-13H,3-4,14-15H2,1-2H3,(H,21,23,24). The summed E-state index contributed by atoms with van der Waals surface area (Å²) in [4.78, 5) is 14.2. The summed E-state index contributed by atoms with van der Waals surface area (Å²) in [5, 5.41) is 5.60. The molecule has 2 aromatic rings. The lowest BCUT2D eigenvalue weighted by Gasteiger charge is -2.23. The lowest BCUT2D eigenvalue weighted by Crippen LogP contribution is -2.42. The first-order valence-electron chi connectivity index (χ1n) is 8.41. The van der Waals surface area contributed by atoms with Crippen LogP contribution in [0, 0.1) is 0 Å². The fraction of sp³-hybridized carbons (Fsp3) is 0.300. The van der Waals surface area contributed by atoms with Crippen LogP contribution in [0.2, 0.25) is 0 Å². The molecule has 0 atom stereocenters. The summed E-state index contributed by atoms with van der Waals surface area (Å²) in [5.41, 5.74) is 1.02. The van der Waals surface area contributed by atoms with Crippen molar-refractivity contribution < 1.29 is 4.79 Å². The van der Waals surface area contributed by atoms with Gasteiger partial charge in [0.1, 0.15) is 0 Å². The van der Waals surface area contributed by atoms with Crippen molar-refractivity contribution in [2.75, 3.05) is 13.1 Å². The number of hydrogen-bond donors (Lipinski definition) is 1. The highest BCUT2D eigenvalue weighted by Gasteiger charge is 2.09. The molecule has 0 aliphatic heterocycles. The number of rotatable bonds is 6. The van der Waals surface area contributed by atoms with Crippen LogP contribution in [0.5, 0.6) is 0 Å². The molecule has 3 nitrogen and oxygen atoms in total. The van der Waals surface area contributed by atoms with Gasteiger partial charge in [0.25, 0.3) is 0 Å². The lowest BCUT2D eigenvalue weighted by atomic mass is 10.0. The van der Waals surface area contributed by atoms with E-state index in [1.54, 1.807) is 6.08 Å². The van der Waals surface area contributed by atoms with Crippen molar-refractivity contribution >= 4 is 40.1 Å². The van der Waals surface area contributed by atoms with Crippen molar-refractivity contribution in [1.82, 2.24) is 10.2 Å². The minimum absolute atomic E-state index is 0.190. The van der Waals surface area contributed by atoms with E-state index in [2.05, 4.69) is 37.4 Å². The summed E-state index contributed by atoms with van der Waals surface area (Å²) < 4.78 is 0. The van der Waals surface area contributed by atoms with E-state index in [0.29, 0.717) is 5.11 Å². The molecule has 0 aromatic heterocycles. The maximum absolute atomic E-state index is 12.2. The summed E-state index contributed by atoms with van der Waals surface area (Å²) in [6.45, 7) is 5.93. The molecule has 0 spiro atoms. The van der Waals surface area contributed by atoms with Crippen LogP contribution in [-0.2, 0) is 4.79 Å². The molecule has 24 heavy (non-hydrogen) atoms. The Kier molecular flexibility index (Phi) is 6.94. The Hall–Kier alpha value is -2.20. The molecular weight excluding hydrogens is 316 g/mol. The highest BCUT2D eigenvalue weighted by atomic mass is 32.1. The van der Waals surface area contributed by atoms with Crippen molar-refractivity contribution in [2.24, 2.45) is 0 Å². The first-order chi connectivity index (χ1) is 11.7.